The van der Waals surface area contributed by atoms with Gasteiger partial charge in [-0.05, 0) is 36.4 Å². The van der Waals surface area contributed by atoms with Crippen LogP contribution in [0.15, 0.2) is 70.7 Å². The maximum Gasteiger partial charge on any atom is 0.228 e. The number of ketones is 1. The maximum absolute atomic E-state index is 12.6. The number of benzene rings is 2. The van der Waals surface area contributed by atoms with E-state index in [1.807, 2.05) is 24.3 Å². The average Bonchev–Trinajstić information content (AvgIpc) is 2.97. The van der Waals surface area contributed by atoms with Crippen molar-refractivity contribution in [3.8, 4) is 0 Å². The van der Waals surface area contributed by atoms with Gasteiger partial charge in [-0.15, -0.1) is 0 Å². The van der Waals surface area contributed by atoms with E-state index < -0.39 is 0 Å². The molecule has 128 valence electrons. The average molecular weight is 381 g/mol. The molecule has 26 heavy (non-hydrogen) atoms. The molecule has 0 radical (unpaired) electrons. The van der Waals surface area contributed by atoms with Gasteiger partial charge in [0.1, 0.15) is 0 Å². The van der Waals surface area contributed by atoms with E-state index >= 15 is 0 Å². The lowest BCUT2D eigenvalue weighted by Crippen LogP contribution is -2.23. The molecule has 0 unspecified atom stereocenters. The van der Waals surface area contributed by atoms with Gasteiger partial charge in [-0.1, -0.05) is 35.5 Å². The van der Waals surface area contributed by atoms with Crippen LogP contribution < -0.4 is 4.90 Å². The van der Waals surface area contributed by atoms with Gasteiger partial charge in [0.05, 0.1) is 21.1 Å². The quantitative estimate of drug-likeness (QED) is 0.582. The van der Waals surface area contributed by atoms with Crippen molar-refractivity contribution < 1.29 is 9.59 Å². The first kappa shape index (κ1) is 16.8. The number of amides is 1. The number of allylic oxidation sites excluding steroid dienone is 1. The van der Waals surface area contributed by atoms with Crippen LogP contribution in [-0.2, 0) is 4.79 Å². The molecule has 2 aromatic carbocycles. The van der Waals surface area contributed by atoms with E-state index in [0.29, 0.717) is 26.7 Å². The lowest BCUT2D eigenvalue weighted by atomic mass is 10.1. The van der Waals surface area contributed by atoms with Gasteiger partial charge in [-0.2, -0.15) is 0 Å². The molecule has 2 heterocycles. The number of hydrogen-bond donors (Lipinski definition) is 0. The zero-order valence-electron chi connectivity index (χ0n) is 13.8. The van der Waals surface area contributed by atoms with Gasteiger partial charge < -0.3 is 0 Å². The Morgan fingerprint density at radius 3 is 2.73 bits per heavy atom. The first-order valence-electron chi connectivity index (χ1n) is 7.92. The van der Waals surface area contributed by atoms with Crippen molar-refractivity contribution in [1.29, 1.82) is 0 Å². The molecule has 0 N–H and O–H groups in total. The van der Waals surface area contributed by atoms with Crippen LogP contribution >= 0.6 is 23.4 Å². The van der Waals surface area contributed by atoms with Gasteiger partial charge in [0.2, 0.25) is 11.7 Å². The molecule has 1 aromatic heterocycles. The summed E-state index contributed by atoms with van der Waals surface area (Å²) in [6.45, 7) is 1.46. The molecule has 0 saturated carbocycles. The standard InChI is InChI=1S/C20H13ClN2O2S/c1-12(24)23(11-18-20(25)14-5-2-3-7-17(14)26-18)16-9-8-15(21)13-6-4-10-22-19(13)16/h2-11H,1H3/b18-11+. The van der Waals surface area contributed by atoms with Crippen molar-refractivity contribution in [2.24, 2.45) is 0 Å². The van der Waals surface area contributed by atoms with Crippen molar-refractivity contribution in [1.82, 2.24) is 4.98 Å². The summed E-state index contributed by atoms with van der Waals surface area (Å²) in [5, 5.41) is 1.32. The van der Waals surface area contributed by atoms with E-state index in [0.717, 1.165) is 10.3 Å². The van der Waals surface area contributed by atoms with Crippen molar-refractivity contribution in [2.75, 3.05) is 4.90 Å². The lowest BCUT2D eigenvalue weighted by Gasteiger charge is -2.19. The minimum atomic E-state index is -0.212. The van der Waals surface area contributed by atoms with Crippen LogP contribution in [0, 0.1) is 0 Å². The summed E-state index contributed by atoms with van der Waals surface area (Å²) in [5.41, 5.74) is 1.86. The number of fused-ring (bicyclic) bond motifs is 2. The van der Waals surface area contributed by atoms with Crippen molar-refractivity contribution in [3.05, 3.63) is 76.4 Å². The molecular weight excluding hydrogens is 368 g/mol. The normalized spacial score (nSPS) is 14.7. The fourth-order valence-electron chi connectivity index (χ4n) is 2.89. The highest BCUT2D eigenvalue weighted by Gasteiger charge is 2.27. The Hall–Kier alpha value is -2.63. The Labute approximate surface area is 159 Å². The molecular formula is C20H13ClN2O2S. The molecule has 0 aliphatic carbocycles. The van der Waals surface area contributed by atoms with Crippen molar-refractivity contribution >= 4 is 51.6 Å². The summed E-state index contributed by atoms with van der Waals surface area (Å²) in [6, 6.07) is 14.5. The van der Waals surface area contributed by atoms with Crippen molar-refractivity contribution in [2.45, 2.75) is 11.8 Å². The summed E-state index contributed by atoms with van der Waals surface area (Å²) in [5.74, 6) is -0.292. The van der Waals surface area contributed by atoms with Crippen LogP contribution in [0.4, 0.5) is 5.69 Å². The molecule has 1 amide bonds. The van der Waals surface area contributed by atoms with Crippen LogP contribution in [-0.4, -0.2) is 16.7 Å². The Morgan fingerprint density at radius 2 is 1.96 bits per heavy atom. The number of Topliss-reactive ketones (excluding diaryl/α,β-unsaturated/α-hetero) is 1. The number of halogens is 1. The zero-order valence-corrected chi connectivity index (χ0v) is 15.3. The van der Waals surface area contributed by atoms with Crippen LogP contribution in [0.3, 0.4) is 0 Å². The van der Waals surface area contributed by atoms with Crippen LogP contribution in [0.25, 0.3) is 10.9 Å². The lowest BCUT2D eigenvalue weighted by molar-refractivity contribution is -0.115. The number of hydrogen-bond acceptors (Lipinski definition) is 4. The number of aromatic nitrogens is 1. The van der Waals surface area contributed by atoms with E-state index in [1.165, 1.54) is 23.6 Å². The second-order valence-electron chi connectivity index (χ2n) is 5.78. The van der Waals surface area contributed by atoms with Gasteiger partial charge in [-0.25, -0.2) is 0 Å². The number of thioether (sulfide) groups is 1. The second-order valence-corrected chi connectivity index (χ2v) is 7.27. The van der Waals surface area contributed by atoms with Crippen LogP contribution in [0.2, 0.25) is 5.02 Å². The molecule has 0 bridgehead atoms. The summed E-state index contributed by atoms with van der Waals surface area (Å²) >= 11 is 7.61. The minimum Gasteiger partial charge on any atom is -0.288 e. The Balaban J connectivity index is 1.83. The molecule has 1 aliphatic heterocycles. The van der Waals surface area contributed by atoms with Gasteiger partial charge >= 0.3 is 0 Å². The number of nitrogens with zero attached hydrogens (tertiary/aromatic N) is 2. The second kappa shape index (κ2) is 6.59. The summed E-state index contributed by atoms with van der Waals surface area (Å²) in [7, 11) is 0. The molecule has 0 saturated heterocycles. The first-order chi connectivity index (χ1) is 12.6. The SMILES string of the molecule is CC(=O)N(/C=C1/Sc2ccccc2C1=O)c1ccc(Cl)c2cccnc12. The molecule has 1 aliphatic rings. The van der Waals surface area contributed by atoms with Crippen LogP contribution in [0.1, 0.15) is 17.3 Å². The molecule has 6 heteroatoms. The number of carbonyl (C=O) groups excluding carboxylic acids is 2. The molecule has 0 fully saturated rings. The van der Waals surface area contributed by atoms with Gasteiger partial charge in [0.15, 0.2) is 0 Å². The van der Waals surface area contributed by atoms with E-state index in [4.69, 9.17) is 11.6 Å². The van der Waals surface area contributed by atoms with Gasteiger partial charge in [-0.3, -0.25) is 19.5 Å². The predicted octanol–water partition coefficient (Wildman–Crippen LogP) is 5.07. The monoisotopic (exact) mass is 380 g/mol. The highest BCUT2D eigenvalue weighted by atomic mass is 35.5. The molecule has 0 atom stereocenters. The fourth-order valence-corrected chi connectivity index (χ4v) is 4.12. The van der Waals surface area contributed by atoms with E-state index in [-0.39, 0.29) is 11.7 Å². The Kier molecular flexibility index (Phi) is 4.26. The van der Waals surface area contributed by atoms with E-state index in [1.54, 1.807) is 36.7 Å². The third-order valence-corrected chi connectivity index (χ3v) is 5.53. The molecule has 3 aromatic rings. The number of pyridine rings is 1. The number of carbonyl (C=O) groups is 2. The zero-order chi connectivity index (χ0) is 18.3. The van der Waals surface area contributed by atoms with E-state index in [9.17, 15) is 9.59 Å². The highest BCUT2D eigenvalue weighted by Crippen LogP contribution is 2.40. The highest BCUT2D eigenvalue weighted by molar-refractivity contribution is 8.04. The largest absolute Gasteiger partial charge is 0.288 e. The summed E-state index contributed by atoms with van der Waals surface area (Å²) in [6.07, 6.45) is 3.24. The third kappa shape index (κ3) is 2.79. The molecule has 4 rings (SSSR count). The summed E-state index contributed by atoms with van der Waals surface area (Å²) in [4.78, 5) is 32.2. The first-order valence-corrected chi connectivity index (χ1v) is 9.12. The fraction of sp³-hybridized carbons (Fsp3) is 0.0500. The number of rotatable bonds is 2. The molecule has 4 nitrogen and oxygen atoms in total. The van der Waals surface area contributed by atoms with E-state index in [2.05, 4.69) is 4.98 Å². The van der Waals surface area contributed by atoms with Crippen molar-refractivity contribution in [3.63, 3.8) is 0 Å². The number of anilines is 1. The molecule has 0 spiro atoms. The van der Waals surface area contributed by atoms with Gasteiger partial charge in [0, 0.05) is 35.2 Å². The van der Waals surface area contributed by atoms with Gasteiger partial charge in [0.25, 0.3) is 0 Å². The third-order valence-electron chi connectivity index (χ3n) is 4.12. The smallest absolute Gasteiger partial charge is 0.228 e. The summed E-state index contributed by atoms with van der Waals surface area (Å²) < 4.78 is 0. The van der Waals surface area contributed by atoms with Crippen LogP contribution in [0.5, 0.6) is 0 Å². The Bertz CT molecular complexity index is 1090. The Morgan fingerprint density at radius 1 is 1.15 bits per heavy atom. The minimum absolute atomic E-state index is 0.0805. The predicted molar refractivity (Wildman–Crippen MR) is 105 cm³/mol. The topological polar surface area (TPSA) is 50.3 Å². The maximum atomic E-state index is 12.6.